The normalized spacial score (nSPS) is 13.4. The summed E-state index contributed by atoms with van der Waals surface area (Å²) in [5.41, 5.74) is 2.91. The number of aromatic amines is 1. The van der Waals surface area contributed by atoms with Gasteiger partial charge in [-0.1, -0.05) is 48.5 Å². The number of aliphatic hydroxyl groups excluding tert-OH is 1. The Morgan fingerprint density at radius 3 is 2.59 bits per heavy atom. The van der Waals surface area contributed by atoms with Gasteiger partial charge >= 0.3 is 0 Å². The Balaban J connectivity index is 1.60. The standard InChI is InChI=1S/C24H22N4O/c1-16(28(2)15-17-11-12-18-7-3-4-8-19(18)13-17)23(29)20(14-25)24-26-21-9-5-6-10-22(21)27-24/h3-13,16,29H,15H2,1-2H3,(H,26,27)/b23-20-/t16-/m0/s1. The van der Waals surface area contributed by atoms with Crippen LogP contribution < -0.4 is 0 Å². The van der Waals surface area contributed by atoms with E-state index in [0.717, 1.165) is 16.6 Å². The van der Waals surface area contributed by atoms with Crippen LogP contribution in [-0.4, -0.2) is 33.1 Å². The number of benzene rings is 3. The zero-order valence-electron chi connectivity index (χ0n) is 16.4. The largest absolute Gasteiger partial charge is 0.509 e. The Morgan fingerprint density at radius 2 is 1.83 bits per heavy atom. The number of nitrogens with one attached hydrogen (secondary N) is 1. The molecule has 2 N–H and O–H groups in total. The van der Waals surface area contributed by atoms with E-state index in [2.05, 4.69) is 46.4 Å². The highest BCUT2D eigenvalue weighted by molar-refractivity contribution is 5.83. The van der Waals surface area contributed by atoms with Crippen LogP contribution in [0, 0.1) is 11.3 Å². The second-order valence-corrected chi connectivity index (χ2v) is 7.25. The smallest absolute Gasteiger partial charge is 0.152 e. The van der Waals surface area contributed by atoms with E-state index in [1.54, 1.807) is 0 Å². The molecule has 5 heteroatoms. The quantitative estimate of drug-likeness (QED) is 0.375. The van der Waals surface area contributed by atoms with E-state index in [0.29, 0.717) is 12.4 Å². The molecule has 0 bridgehead atoms. The highest BCUT2D eigenvalue weighted by atomic mass is 16.3. The molecule has 144 valence electrons. The van der Waals surface area contributed by atoms with Gasteiger partial charge in [-0.05, 0) is 48.5 Å². The fraction of sp³-hybridized carbons (Fsp3) is 0.167. The molecule has 1 aromatic heterocycles. The van der Waals surface area contributed by atoms with Crippen LogP contribution in [0.3, 0.4) is 0 Å². The first-order valence-corrected chi connectivity index (χ1v) is 9.53. The lowest BCUT2D eigenvalue weighted by Crippen LogP contribution is -2.31. The SMILES string of the molecule is C[C@@H](/C(O)=C(\C#N)c1nc2ccccc2[nH]1)N(C)Cc1ccc2ccccc2c1. The topological polar surface area (TPSA) is 75.9 Å². The predicted molar refractivity (Wildman–Crippen MR) is 116 cm³/mol. The molecule has 29 heavy (non-hydrogen) atoms. The van der Waals surface area contributed by atoms with Gasteiger partial charge in [0, 0.05) is 6.54 Å². The molecular weight excluding hydrogens is 360 g/mol. The first-order valence-electron chi connectivity index (χ1n) is 9.53. The van der Waals surface area contributed by atoms with Crippen LogP contribution in [-0.2, 0) is 6.54 Å². The third-order valence-electron chi connectivity index (χ3n) is 5.30. The Kier molecular flexibility index (Phi) is 5.03. The van der Waals surface area contributed by atoms with Gasteiger partial charge in [0.05, 0.1) is 17.1 Å². The minimum atomic E-state index is -0.343. The minimum Gasteiger partial charge on any atom is -0.509 e. The first kappa shape index (κ1) is 18.7. The maximum absolute atomic E-state index is 10.8. The van der Waals surface area contributed by atoms with Gasteiger partial charge in [0.15, 0.2) is 5.82 Å². The van der Waals surface area contributed by atoms with E-state index in [1.165, 1.54) is 10.8 Å². The Morgan fingerprint density at radius 1 is 1.10 bits per heavy atom. The molecule has 3 aromatic carbocycles. The number of nitrogens with zero attached hydrogens (tertiary/aromatic N) is 3. The second-order valence-electron chi connectivity index (χ2n) is 7.25. The highest BCUT2D eigenvalue weighted by Gasteiger charge is 2.21. The number of imidazole rings is 1. The summed E-state index contributed by atoms with van der Waals surface area (Å²) in [5, 5.41) is 22.9. The van der Waals surface area contributed by atoms with Crippen molar-refractivity contribution in [3.8, 4) is 6.07 Å². The lowest BCUT2D eigenvalue weighted by Gasteiger charge is -2.25. The van der Waals surface area contributed by atoms with Crippen LogP contribution in [0.4, 0.5) is 0 Å². The number of nitriles is 1. The number of rotatable bonds is 5. The number of fused-ring (bicyclic) bond motifs is 2. The second kappa shape index (κ2) is 7.78. The van der Waals surface area contributed by atoms with Crippen LogP contribution in [0.2, 0.25) is 0 Å². The maximum atomic E-state index is 10.8. The van der Waals surface area contributed by atoms with E-state index in [4.69, 9.17) is 0 Å². The maximum Gasteiger partial charge on any atom is 0.152 e. The molecule has 5 nitrogen and oxygen atoms in total. The fourth-order valence-electron chi connectivity index (χ4n) is 3.48. The zero-order valence-corrected chi connectivity index (χ0v) is 16.4. The molecular formula is C24H22N4O. The average molecular weight is 382 g/mol. The molecule has 0 spiro atoms. The number of H-pyrrole nitrogens is 1. The van der Waals surface area contributed by atoms with E-state index in [-0.39, 0.29) is 17.4 Å². The lowest BCUT2D eigenvalue weighted by atomic mass is 10.1. The molecule has 1 atom stereocenters. The summed E-state index contributed by atoms with van der Waals surface area (Å²) in [6, 6.07) is 23.9. The molecule has 0 unspecified atom stereocenters. The fourth-order valence-corrected chi connectivity index (χ4v) is 3.48. The number of allylic oxidation sites excluding steroid dienone is 1. The molecule has 0 aliphatic rings. The van der Waals surface area contributed by atoms with E-state index < -0.39 is 0 Å². The Hall–Kier alpha value is -3.62. The van der Waals surface area contributed by atoms with E-state index >= 15 is 0 Å². The molecule has 0 aliphatic heterocycles. The van der Waals surface area contributed by atoms with Crippen molar-refractivity contribution in [1.82, 2.24) is 14.9 Å². The van der Waals surface area contributed by atoms with Crippen LogP contribution in [0.1, 0.15) is 18.3 Å². The molecule has 4 rings (SSSR count). The molecule has 0 amide bonds. The number of hydrogen-bond acceptors (Lipinski definition) is 4. The summed E-state index contributed by atoms with van der Waals surface area (Å²) in [6.07, 6.45) is 0. The number of para-hydroxylation sites is 2. The van der Waals surface area contributed by atoms with Crippen molar-refractivity contribution in [2.45, 2.75) is 19.5 Å². The Bertz CT molecular complexity index is 1220. The van der Waals surface area contributed by atoms with Crippen LogP contribution >= 0.6 is 0 Å². The van der Waals surface area contributed by atoms with Gasteiger partial charge in [-0.25, -0.2) is 4.98 Å². The van der Waals surface area contributed by atoms with Crippen molar-refractivity contribution >= 4 is 27.4 Å². The number of aliphatic hydroxyl groups is 1. The molecule has 0 saturated heterocycles. The summed E-state index contributed by atoms with van der Waals surface area (Å²) in [7, 11) is 1.93. The third-order valence-corrected chi connectivity index (χ3v) is 5.30. The first-order chi connectivity index (χ1) is 14.1. The third kappa shape index (κ3) is 3.71. The van der Waals surface area contributed by atoms with E-state index in [1.807, 2.05) is 55.3 Å². The van der Waals surface area contributed by atoms with Gasteiger partial charge in [-0.3, -0.25) is 4.90 Å². The number of aromatic nitrogens is 2. The lowest BCUT2D eigenvalue weighted by molar-refractivity contribution is 0.217. The number of likely N-dealkylation sites (N-methyl/N-ethyl adjacent to an activating group) is 1. The summed E-state index contributed by atoms with van der Waals surface area (Å²) >= 11 is 0. The van der Waals surface area contributed by atoms with Crippen molar-refractivity contribution < 1.29 is 5.11 Å². The van der Waals surface area contributed by atoms with Gasteiger partial charge in [0.1, 0.15) is 17.4 Å². The minimum absolute atomic E-state index is 0.00912. The van der Waals surface area contributed by atoms with Crippen molar-refractivity contribution in [3.63, 3.8) is 0 Å². The molecule has 4 aromatic rings. The molecule has 1 heterocycles. The summed E-state index contributed by atoms with van der Waals surface area (Å²) < 4.78 is 0. The number of hydrogen-bond donors (Lipinski definition) is 2. The molecule has 0 fully saturated rings. The van der Waals surface area contributed by atoms with Gasteiger partial charge in [-0.2, -0.15) is 5.26 Å². The zero-order chi connectivity index (χ0) is 20.4. The average Bonchev–Trinajstić information content (AvgIpc) is 3.17. The van der Waals surface area contributed by atoms with Crippen molar-refractivity contribution in [2.75, 3.05) is 7.05 Å². The van der Waals surface area contributed by atoms with Gasteiger partial charge in [0.2, 0.25) is 0 Å². The Labute approximate surface area is 169 Å². The van der Waals surface area contributed by atoms with E-state index in [9.17, 15) is 10.4 Å². The summed E-state index contributed by atoms with van der Waals surface area (Å²) in [6.45, 7) is 2.53. The van der Waals surface area contributed by atoms with Crippen LogP contribution in [0.5, 0.6) is 0 Å². The van der Waals surface area contributed by atoms with Crippen molar-refractivity contribution in [1.29, 1.82) is 5.26 Å². The van der Waals surface area contributed by atoms with Crippen molar-refractivity contribution in [2.24, 2.45) is 0 Å². The molecule has 0 radical (unpaired) electrons. The van der Waals surface area contributed by atoms with Crippen molar-refractivity contribution in [3.05, 3.63) is 83.9 Å². The van der Waals surface area contributed by atoms with Crippen LogP contribution in [0.25, 0.3) is 27.4 Å². The monoisotopic (exact) mass is 382 g/mol. The van der Waals surface area contributed by atoms with Gasteiger partial charge in [-0.15, -0.1) is 0 Å². The van der Waals surface area contributed by atoms with Crippen LogP contribution in [0.15, 0.2) is 72.5 Å². The summed E-state index contributed by atoms with van der Waals surface area (Å²) in [5.74, 6) is 0.395. The highest BCUT2D eigenvalue weighted by Crippen LogP contribution is 2.23. The molecule has 0 aliphatic carbocycles. The van der Waals surface area contributed by atoms with Gasteiger partial charge in [0.25, 0.3) is 0 Å². The molecule has 0 saturated carbocycles. The van der Waals surface area contributed by atoms with Gasteiger partial charge < -0.3 is 10.1 Å². The summed E-state index contributed by atoms with van der Waals surface area (Å²) in [4.78, 5) is 9.58. The predicted octanol–water partition coefficient (Wildman–Crippen LogP) is 5.03.